The lowest BCUT2D eigenvalue weighted by atomic mass is 10.1. The number of hydrogen-bond donors (Lipinski definition) is 0. The van der Waals surface area contributed by atoms with Gasteiger partial charge in [-0.2, -0.15) is 0 Å². The van der Waals surface area contributed by atoms with E-state index in [2.05, 4.69) is 4.98 Å². The Morgan fingerprint density at radius 2 is 2.07 bits per heavy atom. The summed E-state index contributed by atoms with van der Waals surface area (Å²) in [6.45, 7) is 9.73. The van der Waals surface area contributed by atoms with E-state index in [4.69, 9.17) is 4.74 Å². The van der Waals surface area contributed by atoms with Crippen LogP contribution in [-0.4, -0.2) is 21.2 Å². The van der Waals surface area contributed by atoms with Gasteiger partial charge in [0.1, 0.15) is 11.9 Å². The molecule has 15 heavy (non-hydrogen) atoms. The second kappa shape index (κ2) is 6.22. The molecule has 0 radical (unpaired) electrons. The van der Waals surface area contributed by atoms with Gasteiger partial charge in [-0.15, -0.1) is 0 Å². The third-order valence-electron chi connectivity index (χ3n) is 1.93. The Bertz CT molecular complexity index is 279. The fourth-order valence-electron chi connectivity index (χ4n) is 0.728. The molecule has 4 nitrogen and oxygen atoms in total. The third-order valence-corrected chi connectivity index (χ3v) is 1.93. The molecular formula is C11H20N2O2. The lowest BCUT2D eigenvalue weighted by molar-refractivity contribution is 0.0371. The van der Waals surface area contributed by atoms with E-state index in [1.165, 1.54) is 10.9 Å². The van der Waals surface area contributed by atoms with E-state index in [-0.39, 0.29) is 6.09 Å². The lowest BCUT2D eigenvalue weighted by Crippen LogP contribution is -2.29. The second-order valence-electron chi connectivity index (χ2n) is 3.45. The zero-order valence-corrected chi connectivity index (χ0v) is 10.2. The van der Waals surface area contributed by atoms with E-state index < -0.39 is 5.60 Å². The predicted molar refractivity (Wildman–Crippen MR) is 59.8 cm³/mol. The number of ether oxygens (including phenoxy) is 1. The zero-order valence-electron chi connectivity index (χ0n) is 10.2. The van der Waals surface area contributed by atoms with Gasteiger partial charge in [0.2, 0.25) is 0 Å². The van der Waals surface area contributed by atoms with Crippen molar-refractivity contribution < 1.29 is 9.53 Å². The normalized spacial score (nSPS) is 10.2. The van der Waals surface area contributed by atoms with Gasteiger partial charge in [0.05, 0.1) is 0 Å². The highest BCUT2D eigenvalue weighted by atomic mass is 16.6. The molecule has 0 amide bonds. The third kappa shape index (κ3) is 4.63. The average molecular weight is 212 g/mol. The number of rotatable bonds is 2. The van der Waals surface area contributed by atoms with Gasteiger partial charge in [0.25, 0.3) is 0 Å². The number of imidazole rings is 1. The Labute approximate surface area is 91.3 Å². The second-order valence-corrected chi connectivity index (χ2v) is 3.45. The van der Waals surface area contributed by atoms with Crippen LogP contribution in [0.2, 0.25) is 0 Å². The fourth-order valence-corrected chi connectivity index (χ4v) is 0.728. The van der Waals surface area contributed by atoms with Crippen LogP contribution in [0.3, 0.4) is 0 Å². The van der Waals surface area contributed by atoms with Crippen LogP contribution in [0, 0.1) is 0 Å². The van der Waals surface area contributed by atoms with Crippen molar-refractivity contribution in [3.05, 3.63) is 18.7 Å². The van der Waals surface area contributed by atoms with Crippen LogP contribution in [-0.2, 0) is 4.74 Å². The summed E-state index contributed by atoms with van der Waals surface area (Å²) in [5.74, 6) is 0. The molecule has 1 heterocycles. The lowest BCUT2D eigenvalue weighted by Gasteiger charge is -2.22. The molecule has 0 saturated heterocycles. The molecular weight excluding hydrogens is 192 g/mol. The van der Waals surface area contributed by atoms with Crippen molar-refractivity contribution >= 4 is 6.09 Å². The van der Waals surface area contributed by atoms with Crippen LogP contribution < -0.4 is 0 Å². The molecule has 0 aliphatic rings. The maximum atomic E-state index is 11.4. The molecule has 1 aromatic rings. The Morgan fingerprint density at radius 3 is 2.47 bits per heavy atom. The summed E-state index contributed by atoms with van der Waals surface area (Å²) in [6.07, 6.45) is 4.93. The summed E-state index contributed by atoms with van der Waals surface area (Å²) in [5, 5.41) is 0. The summed E-state index contributed by atoms with van der Waals surface area (Å²) in [7, 11) is 0. The highest BCUT2D eigenvalue weighted by Crippen LogP contribution is 2.14. The minimum Gasteiger partial charge on any atom is -0.443 e. The maximum Gasteiger partial charge on any atom is 0.419 e. The first-order chi connectivity index (χ1) is 7.05. The minimum absolute atomic E-state index is 0.385. The molecule has 86 valence electrons. The van der Waals surface area contributed by atoms with Gasteiger partial charge >= 0.3 is 6.09 Å². The van der Waals surface area contributed by atoms with Crippen molar-refractivity contribution in [2.75, 3.05) is 0 Å². The zero-order chi connectivity index (χ0) is 11.9. The smallest absolute Gasteiger partial charge is 0.419 e. The molecule has 0 unspecified atom stereocenters. The molecule has 0 fully saturated rings. The Kier molecular flexibility index (Phi) is 5.67. The molecule has 4 heteroatoms. The van der Waals surface area contributed by atoms with Gasteiger partial charge in [-0.05, 0) is 20.3 Å². The van der Waals surface area contributed by atoms with Crippen molar-refractivity contribution in [1.29, 1.82) is 0 Å². The quantitative estimate of drug-likeness (QED) is 0.756. The minimum atomic E-state index is -0.415. The van der Waals surface area contributed by atoms with Gasteiger partial charge < -0.3 is 4.74 Å². The van der Waals surface area contributed by atoms with Crippen molar-refractivity contribution in [2.24, 2.45) is 0 Å². The SMILES string of the molecule is CC.CCC(C)(C)OC(=O)n1ccnc1. The molecule has 0 aliphatic heterocycles. The molecule has 0 spiro atoms. The van der Waals surface area contributed by atoms with Crippen LogP contribution in [0.5, 0.6) is 0 Å². The summed E-state index contributed by atoms with van der Waals surface area (Å²) in [5.41, 5.74) is -0.415. The van der Waals surface area contributed by atoms with E-state index in [1.807, 2.05) is 34.6 Å². The molecule has 1 rings (SSSR count). The van der Waals surface area contributed by atoms with Crippen LogP contribution in [0.4, 0.5) is 4.79 Å². The molecule has 0 aromatic carbocycles. The van der Waals surface area contributed by atoms with E-state index in [0.717, 1.165) is 6.42 Å². The largest absolute Gasteiger partial charge is 0.443 e. The topological polar surface area (TPSA) is 44.1 Å². The van der Waals surface area contributed by atoms with E-state index in [1.54, 1.807) is 12.4 Å². The van der Waals surface area contributed by atoms with E-state index in [9.17, 15) is 4.79 Å². The molecule has 0 saturated carbocycles. The van der Waals surface area contributed by atoms with E-state index in [0.29, 0.717) is 0 Å². The van der Waals surface area contributed by atoms with Crippen LogP contribution in [0.15, 0.2) is 18.7 Å². The maximum absolute atomic E-state index is 11.4. The monoisotopic (exact) mass is 212 g/mol. The molecule has 0 aliphatic carbocycles. The summed E-state index contributed by atoms with van der Waals surface area (Å²) in [6, 6.07) is 0. The van der Waals surface area contributed by atoms with Gasteiger partial charge in [-0.3, -0.25) is 0 Å². The van der Waals surface area contributed by atoms with Crippen LogP contribution >= 0.6 is 0 Å². The first-order valence-electron chi connectivity index (χ1n) is 5.26. The standard InChI is InChI=1S/C9H14N2O2.C2H6/c1-4-9(2,3)13-8(12)11-6-5-10-7-11;1-2/h5-7H,4H2,1-3H3;1-2H3. The number of carbonyl (C=O) groups excluding carboxylic acids is 1. The Balaban J connectivity index is 0.000000921. The molecule has 0 N–H and O–H groups in total. The van der Waals surface area contributed by atoms with Gasteiger partial charge in [-0.1, -0.05) is 20.8 Å². The van der Waals surface area contributed by atoms with Crippen LogP contribution in [0.25, 0.3) is 0 Å². The fraction of sp³-hybridized carbons (Fsp3) is 0.636. The predicted octanol–water partition coefficient (Wildman–Crippen LogP) is 3.08. The summed E-state index contributed by atoms with van der Waals surface area (Å²) < 4.78 is 6.53. The van der Waals surface area contributed by atoms with Gasteiger partial charge in [0, 0.05) is 12.4 Å². The van der Waals surface area contributed by atoms with Crippen molar-refractivity contribution in [3.63, 3.8) is 0 Å². The number of nitrogens with zero attached hydrogens (tertiary/aromatic N) is 2. The summed E-state index contributed by atoms with van der Waals surface area (Å²) >= 11 is 0. The first kappa shape index (κ1) is 13.7. The molecule has 0 bridgehead atoms. The van der Waals surface area contributed by atoms with Gasteiger partial charge in [0.15, 0.2) is 0 Å². The van der Waals surface area contributed by atoms with Gasteiger partial charge in [-0.25, -0.2) is 14.3 Å². The first-order valence-corrected chi connectivity index (χ1v) is 5.26. The molecule has 0 atom stereocenters. The number of hydrogen-bond acceptors (Lipinski definition) is 3. The Morgan fingerprint density at radius 1 is 1.47 bits per heavy atom. The molecule has 1 aromatic heterocycles. The average Bonchev–Trinajstić information content (AvgIpc) is 2.73. The number of aromatic nitrogens is 2. The Hall–Kier alpha value is -1.32. The van der Waals surface area contributed by atoms with Crippen molar-refractivity contribution in [2.45, 2.75) is 46.6 Å². The van der Waals surface area contributed by atoms with Crippen molar-refractivity contribution in [3.8, 4) is 0 Å². The highest BCUT2D eigenvalue weighted by Gasteiger charge is 2.20. The number of carbonyl (C=O) groups is 1. The van der Waals surface area contributed by atoms with Crippen LogP contribution in [0.1, 0.15) is 41.0 Å². The summed E-state index contributed by atoms with van der Waals surface area (Å²) in [4.78, 5) is 15.1. The highest BCUT2D eigenvalue weighted by molar-refractivity contribution is 5.70. The van der Waals surface area contributed by atoms with Crippen molar-refractivity contribution in [1.82, 2.24) is 9.55 Å². The van der Waals surface area contributed by atoms with E-state index >= 15 is 0 Å².